The summed E-state index contributed by atoms with van der Waals surface area (Å²) in [5, 5.41) is 2.96. The maximum absolute atomic E-state index is 12.8. The maximum atomic E-state index is 12.8. The van der Waals surface area contributed by atoms with Crippen LogP contribution in [0.2, 0.25) is 0 Å². The SMILES string of the molecule is O=C(CCc1ccccc1)Nc1ccc(-c2cc3c(o2)CCN(C(=O)c2ccccc2)C3)cc1. The molecule has 3 aromatic carbocycles. The molecule has 170 valence electrons. The van der Waals surface area contributed by atoms with Crippen molar-refractivity contribution in [3.63, 3.8) is 0 Å². The molecule has 0 aliphatic carbocycles. The molecule has 4 aromatic rings. The summed E-state index contributed by atoms with van der Waals surface area (Å²) in [7, 11) is 0. The summed E-state index contributed by atoms with van der Waals surface area (Å²) in [5.74, 6) is 1.75. The number of hydrogen-bond donors (Lipinski definition) is 1. The van der Waals surface area contributed by atoms with Gasteiger partial charge in [0.25, 0.3) is 5.91 Å². The second-order valence-corrected chi connectivity index (χ2v) is 8.51. The third kappa shape index (κ3) is 4.94. The fourth-order valence-corrected chi connectivity index (χ4v) is 4.26. The lowest BCUT2D eigenvalue weighted by Crippen LogP contribution is -2.35. The first-order chi connectivity index (χ1) is 16.7. The van der Waals surface area contributed by atoms with E-state index in [-0.39, 0.29) is 11.8 Å². The molecular weight excluding hydrogens is 424 g/mol. The van der Waals surface area contributed by atoms with E-state index in [4.69, 9.17) is 4.42 Å². The van der Waals surface area contributed by atoms with Crippen LogP contribution >= 0.6 is 0 Å². The van der Waals surface area contributed by atoms with Crippen LogP contribution in [-0.2, 0) is 24.2 Å². The molecule has 0 radical (unpaired) electrons. The van der Waals surface area contributed by atoms with E-state index in [1.54, 1.807) is 0 Å². The van der Waals surface area contributed by atoms with Gasteiger partial charge in [0.15, 0.2) is 0 Å². The van der Waals surface area contributed by atoms with Crippen LogP contribution in [-0.4, -0.2) is 23.3 Å². The second kappa shape index (κ2) is 9.79. The minimum Gasteiger partial charge on any atom is -0.461 e. The van der Waals surface area contributed by atoms with Crippen molar-refractivity contribution in [2.75, 3.05) is 11.9 Å². The highest BCUT2D eigenvalue weighted by molar-refractivity contribution is 5.94. The third-order valence-electron chi connectivity index (χ3n) is 6.11. The Morgan fingerprint density at radius 3 is 2.32 bits per heavy atom. The average Bonchev–Trinajstić information content (AvgIpc) is 3.32. The Kier molecular flexibility index (Phi) is 6.25. The van der Waals surface area contributed by atoms with Crippen LogP contribution in [0.5, 0.6) is 0 Å². The smallest absolute Gasteiger partial charge is 0.254 e. The van der Waals surface area contributed by atoms with Gasteiger partial charge in [0, 0.05) is 48.3 Å². The Morgan fingerprint density at radius 2 is 1.59 bits per heavy atom. The highest BCUT2D eigenvalue weighted by Crippen LogP contribution is 2.30. The fourth-order valence-electron chi connectivity index (χ4n) is 4.26. The number of nitrogens with zero attached hydrogens (tertiary/aromatic N) is 1. The van der Waals surface area contributed by atoms with Crippen molar-refractivity contribution in [2.24, 2.45) is 0 Å². The minimum absolute atomic E-state index is 0.00626. The molecule has 0 saturated carbocycles. The highest BCUT2D eigenvalue weighted by atomic mass is 16.3. The summed E-state index contributed by atoms with van der Waals surface area (Å²) >= 11 is 0. The van der Waals surface area contributed by atoms with Gasteiger partial charge in [0.2, 0.25) is 5.91 Å². The summed E-state index contributed by atoms with van der Waals surface area (Å²) in [4.78, 5) is 27.0. The van der Waals surface area contributed by atoms with Crippen molar-refractivity contribution in [2.45, 2.75) is 25.8 Å². The standard InChI is InChI=1S/C29H26N2O3/c32-28(16-11-21-7-3-1-4-8-21)30-25-14-12-22(13-15-25)27-19-24-20-31(18-17-26(24)34-27)29(33)23-9-5-2-6-10-23/h1-10,12-15,19H,11,16-18,20H2,(H,30,32). The normalized spacial score (nSPS) is 12.8. The number of fused-ring (bicyclic) bond motifs is 1. The minimum atomic E-state index is -0.00626. The highest BCUT2D eigenvalue weighted by Gasteiger charge is 2.25. The number of amides is 2. The molecule has 5 nitrogen and oxygen atoms in total. The van der Waals surface area contributed by atoms with Crippen LogP contribution in [0, 0.1) is 0 Å². The Hall–Kier alpha value is -4.12. The van der Waals surface area contributed by atoms with Gasteiger partial charge in [-0.15, -0.1) is 0 Å². The monoisotopic (exact) mass is 450 g/mol. The van der Waals surface area contributed by atoms with Crippen LogP contribution < -0.4 is 5.32 Å². The zero-order chi connectivity index (χ0) is 23.3. The largest absolute Gasteiger partial charge is 0.461 e. The lowest BCUT2D eigenvalue weighted by atomic mass is 10.1. The lowest BCUT2D eigenvalue weighted by Gasteiger charge is -2.26. The molecule has 0 fully saturated rings. The predicted octanol–water partition coefficient (Wildman–Crippen LogP) is 5.72. The van der Waals surface area contributed by atoms with Gasteiger partial charge in [-0.25, -0.2) is 0 Å². The van der Waals surface area contributed by atoms with E-state index < -0.39 is 0 Å². The summed E-state index contributed by atoms with van der Waals surface area (Å²) in [6, 6.07) is 29.1. The molecular formula is C29H26N2O3. The van der Waals surface area contributed by atoms with Crippen LogP contribution in [0.4, 0.5) is 5.69 Å². The summed E-state index contributed by atoms with van der Waals surface area (Å²) in [6.07, 6.45) is 1.85. The van der Waals surface area contributed by atoms with Gasteiger partial charge in [0.1, 0.15) is 11.5 Å². The van der Waals surface area contributed by atoms with Crippen molar-refractivity contribution < 1.29 is 14.0 Å². The molecule has 1 aromatic heterocycles. The molecule has 0 atom stereocenters. The van der Waals surface area contributed by atoms with E-state index in [0.717, 1.165) is 33.9 Å². The number of furan rings is 1. The number of carbonyl (C=O) groups excluding carboxylic acids is 2. The molecule has 0 unspecified atom stereocenters. The molecule has 2 heterocycles. The van der Waals surface area contributed by atoms with Gasteiger partial charge < -0.3 is 14.6 Å². The van der Waals surface area contributed by atoms with Crippen molar-refractivity contribution in [1.82, 2.24) is 4.90 Å². The Balaban J connectivity index is 1.21. The molecule has 34 heavy (non-hydrogen) atoms. The molecule has 5 rings (SSSR count). The number of anilines is 1. The Bertz CT molecular complexity index is 1280. The molecule has 1 aliphatic rings. The second-order valence-electron chi connectivity index (χ2n) is 8.51. The number of benzene rings is 3. The number of aryl methyl sites for hydroxylation is 1. The van der Waals surface area contributed by atoms with E-state index in [1.165, 1.54) is 0 Å². The van der Waals surface area contributed by atoms with Crippen LogP contribution in [0.1, 0.15) is 33.7 Å². The van der Waals surface area contributed by atoms with Crippen LogP contribution in [0.15, 0.2) is 95.4 Å². The first-order valence-corrected chi connectivity index (χ1v) is 11.6. The van der Waals surface area contributed by atoms with Crippen molar-refractivity contribution in [3.05, 3.63) is 113 Å². The Morgan fingerprint density at radius 1 is 0.882 bits per heavy atom. The third-order valence-corrected chi connectivity index (χ3v) is 6.11. The van der Waals surface area contributed by atoms with Crippen LogP contribution in [0.25, 0.3) is 11.3 Å². The molecule has 0 bridgehead atoms. The maximum Gasteiger partial charge on any atom is 0.254 e. The summed E-state index contributed by atoms with van der Waals surface area (Å²) in [5.41, 5.74) is 4.61. The first-order valence-electron chi connectivity index (χ1n) is 11.6. The number of carbonyl (C=O) groups is 2. The Labute approximate surface area is 199 Å². The topological polar surface area (TPSA) is 62.6 Å². The van der Waals surface area contributed by atoms with E-state index in [0.29, 0.717) is 37.9 Å². The molecule has 5 heteroatoms. The number of nitrogens with one attached hydrogen (secondary N) is 1. The summed E-state index contributed by atoms with van der Waals surface area (Å²) < 4.78 is 6.11. The number of hydrogen-bond acceptors (Lipinski definition) is 3. The first kappa shape index (κ1) is 21.7. The van der Waals surface area contributed by atoms with Gasteiger partial charge in [-0.05, 0) is 54.4 Å². The molecule has 2 amide bonds. The van der Waals surface area contributed by atoms with Crippen molar-refractivity contribution >= 4 is 17.5 Å². The summed E-state index contributed by atoms with van der Waals surface area (Å²) in [6.45, 7) is 1.18. The average molecular weight is 451 g/mol. The zero-order valence-corrected chi connectivity index (χ0v) is 18.9. The van der Waals surface area contributed by atoms with Crippen LogP contribution in [0.3, 0.4) is 0 Å². The number of rotatable bonds is 6. The van der Waals surface area contributed by atoms with Gasteiger partial charge >= 0.3 is 0 Å². The van der Waals surface area contributed by atoms with Gasteiger partial charge in [-0.2, -0.15) is 0 Å². The molecule has 0 spiro atoms. The van der Waals surface area contributed by atoms with Crippen molar-refractivity contribution in [1.29, 1.82) is 0 Å². The van der Waals surface area contributed by atoms with E-state index in [2.05, 4.69) is 5.32 Å². The molecule has 0 saturated heterocycles. The quantitative estimate of drug-likeness (QED) is 0.409. The zero-order valence-electron chi connectivity index (χ0n) is 18.9. The van der Waals surface area contributed by atoms with Gasteiger partial charge in [0.05, 0.1) is 0 Å². The fraction of sp³-hybridized carbons (Fsp3) is 0.172. The van der Waals surface area contributed by atoms with E-state index in [9.17, 15) is 9.59 Å². The lowest BCUT2D eigenvalue weighted by molar-refractivity contribution is -0.116. The molecule has 1 N–H and O–H groups in total. The predicted molar refractivity (Wildman–Crippen MR) is 132 cm³/mol. The molecule has 1 aliphatic heterocycles. The van der Waals surface area contributed by atoms with Gasteiger partial charge in [-0.1, -0.05) is 48.5 Å². The van der Waals surface area contributed by atoms with Gasteiger partial charge in [-0.3, -0.25) is 9.59 Å². The van der Waals surface area contributed by atoms with Crippen molar-refractivity contribution in [3.8, 4) is 11.3 Å². The van der Waals surface area contributed by atoms with E-state index in [1.807, 2.05) is 95.9 Å². The van der Waals surface area contributed by atoms with E-state index >= 15 is 0 Å².